The highest BCUT2D eigenvalue weighted by Crippen LogP contribution is 2.28. The van der Waals surface area contributed by atoms with Gasteiger partial charge in [0, 0.05) is 5.92 Å². The predicted molar refractivity (Wildman–Crippen MR) is 74.8 cm³/mol. The van der Waals surface area contributed by atoms with Crippen LogP contribution < -0.4 is 0 Å². The summed E-state index contributed by atoms with van der Waals surface area (Å²) in [6, 6.07) is 9.55. The van der Waals surface area contributed by atoms with Crippen molar-refractivity contribution in [3.05, 3.63) is 48.0 Å². The molecule has 0 fully saturated rings. The number of rotatable bonds is 6. The van der Waals surface area contributed by atoms with Gasteiger partial charge in [0.25, 0.3) is 0 Å². The third-order valence-electron chi connectivity index (χ3n) is 3.02. The van der Waals surface area contributed by atoms with Gasteiger partial charge in [-0.05, 0) is 18.9 Å². The molecule has 3 heteroatoms. The third-order valence-corrected chi connectivity index (χ3v) is 3.02. The van der Waals surface area contributed by atoms with E-state index < -0.39 is 11.9 Å². The van der Waals surface area contributed by atoms with Gasteiger partial charge >= 0.3 is 5.97 Å². The van der Waals surface area contributed by atoms with Crippen LogP contribution in [0.25, 0.3) is 0 Å². The minimum Gasteiger partial charge on any atom is -0.468 e. The summed E-state index contributed by atoms with van der Waals surface area (Å²) in [6.45, 7) is 3.44. The molecule has 0 heterocycles. The molecule has 0 aromatic heterocycles. The lowest BCUT2D eigenvalue weighted by Gasteiger charge is -2.20. The van der Waals surface area contributed by atoms with Crippen LogP contribution in [0.4, 0.5) is 0 Å². The molecule has 0 aliphatic heterocycles. The Hall–Kier alpha value is -1.90. The largest absolute Gasteiger partial charge is 0.468 e. The first-order valence-electron chi connectivity index (χ1n) is 6.41. The number of Topliss-reactive ketones (excluding diaryl/α,β-unsaturated/α-hetero) is 1. The van der Waals surface area contributed by atoms with E-state index in [1.54, 1.807) is 0 Å². The maximum atomic E-state index is 11.9. The molecular weight excluding hydrogens is 240 g/mol. The fraction of sp³-hybridized carbons (Fsp3) is 0.375. The summed E-state index contributed by atoms with van der Waals surface area (Å²) in [4.78, 5) is 23.6. The van der Waals surface area contributed by atoms with Gasteiger partial charge in [-0.2, -0.15) is 0 Å². The fourth-order valence-corrected chi connectivity index (χ4v) is 2.07. The maximum absolute atomic E-state index is 11.9. The molecule has 0 saturated carbocycles. The molecule has 3 nitrogen and oxygen atoms in total. The topological polar surface area (TPSA) is 43.4 Å². The quantitative estimate of drug-likeness (QED) is 0.448. The average molecular weight is 260 g/mol. The zero-order valence-corrected chi connectivity index (χ0v) is 11.6. The monoisotopic (exact) mass is 260 g/mol. The van der Waals surface area contributed by atoms with E-state index >= 15 is 0 Å². The molecule has 1 aromatic rings. The van der Waals surface area contributed by atoms with Crippen molar-refractivity contribution in [2.24, 2.45) is 5.92 Å². The van der Waals surface area contributed by atoms with Crippen LogP contribution in [0.15, 0.2) is 42.5 Å². The number of esters is 1. The lowest BCUT2D eigenvalue weighted by Crippen LogP contribution is -2.29. The number of allylic oxidation sites excluding steroid dienone is 2. The molecule has 2 unspecified atom stereocenters. The Balaban J connectivity index is 3.18. The third kappa shape index (κ3) is 4.05. The van der Waals surface area contributed by atoms with E-state index in [0.717, 1.165) is 12.0 Å². The van der Waals surface area contributed by atoms with E-state index in [9.17, 15) is 9.59 Å². The fourth-order valence-electron chi connectivity index (χ4n) is 2.07. The molecule has 102 valence electrons. The number of benzene rings is 1. The minimum atomic E-state index is -0.782. The zero-order chi connectivity index (χ0) is 14.3. The molecule has 0 amide bonds. The molecule has 0 aliphatic rings. The van der Waals surface area contributed by atoms with E-state index in [1.807, 2.05) is 49.4 Å². The second-order valence-electron chi connectivity index (χ2n) is 4.38. The smallest absolute Gasteiger partial charge is 0.317 e. The number of hydrogen-bond donors (Lipinski definition) is 0. The highest BCUT2D eigenvalue weighted by molar-refractivity contribution is 5.99. The van der Waals surface area contributed by atoms with E-state index in [4.69, 9.17) is 4.74 Å². The zero-order valence-electron chi connectivity index (χ0n) is 11.6. The van der Waals surface area contributed by atoms with E-state index in [1.165, 1.54) is 14.0 Å². The number of methoxy groups -OCH3 is 1. The Morgan fingerprint density at radius 1 is 1.26 bits per heavy atom. The number of ketones is 1. The van der Waals surface area contributed by atoms with Gasteiger partial charge in [-0.3, -0.25) is 9.59 Å². The summed E-state index contributed by atoms with van der Waals surface area (Å²) in [7, 11) is 1.31. The molecule has 1 aromatic carbocycles. The SMILES string of the molecule is CC/C=C/C(c1ccccc1)C(C(C)=O)C(=O)OC. The Morgan fingerprint density at radius 2 is 1.89 bits per heavy atom. The van der Waals surface area contributed by atoms with Gasteiger partial charge in [-0.1, -0.05) is 49.4 Å². The highest BCUT2D eigenvalue weighted by Gasteiger charge is 2.32. The van der Waals surface area contributed by atoms with Crippen molar-refractivity contribution in [1.82, 2.24) is 0 Å². The summed E-state index contributed by atoms with van der Waals surface area (Å²) < 4.78 is 4.76. The average Bonchev–Trinajstić information content (AvgIpc) is 2.43. The van der Waals surface area contributed by atoms with Gasteiger partial charge in [-0.15, -0.1) is 0 Å². The second-order valence-corrected chi connectivity index (χ2v) is 4.38. The number of carbonyl (C=O) groups is 2. The van der Waals surface area contributed by atoms with Crippen LogP contribution >= 0.6 is 0 Å². The van der Waals surface area contributed by atoms with Crippen LogP contribution in [0.2, 0.25) is 0 Å². The molecule has 0 bridgehead atoms. The number of carbonyl (C=O) groups excluding carboxylic acids is 2. The van der Waals surface area contributed by atoms with Crippen LogP contribution in [-0.2, 0) is 14.3 Å². The molecule has 0 N–H and O–H groups in total. The Morgan fingerprint density at radius 3 is 2.37 bits per heavy atom. The second kappa shape index (κ2) is 7.52. The van der Waals surface area contributed by atoms with Gasteiger partial charge in [0.15, 0.2) is 0 Å². The molecular formula is C16H20O3. The first-order valence-corrected chi connectivity index (χ1v) is 6.41. The molecule has 0 spiro atoms. The molecule has 1 rings (SSSR count). The highest BCUT2D eigenvalue weighted by atomic mass is 16.5. The van der Waals surface area contributed by atoms with Crippen LogP contribution in [0.1, 0.15) is 31.7 Å². The first-order chi connectivity index (χ1) is 9.11. The molecule has 19 heavy (non-hydrogen) atoms. The van der Waals surface area contributed by atoms with Gasteiger partial charge in [0.1, 0.15) is 11.7 Å². The van der Waals surface area contributed by atoms with Gasteiger partial charge in [0.05, 0.1) is 7.11 Å². The van der Waals surface area contributed by atoms with E-state index in [0.29, 0.717) is 0 Å². The summed E-state index contributed by atoms with van der Waals surface area (Å²) in [6.07, 6.45) is 4.74. The van der Waals surface area contributed by atoms with Gasteiger partial charge in [0.2, 0.25) is 0 Å². The minimum absolute atomic E-state index is 0.179. The Bertz CT molecular complexity index is 448. The lowest BCUT2D eigenvalue weighted by atomic mass is 9.83. The summed E-state index contributed by atoms with van der Waals surface area (Å²) >= 11 is 0. The number of ether oxygens (including phenoxy) is 1. The summed E-state index contributed by atoms with van der Waals surface area (Å²) in [5.74, 6) is -1.72. The predicted octanol–water partition coefficient (Wildman–Crippen LogP) is 3.11. The van der Waals surface area contributed by atoms with Crippen molar-refractivity contribution in [2.45, 2.75) is 26.2 Å². The van der Waals surface area contributed by atoms with Crippen LogP contribution in [0.5, 0.6) is 0 Å². The number of hydrogen-bond acceptors (Lipinski definition) is 3. The van der Waals surface area contributed by atoms with Crippen LogP contribution in [0.3, 0.4) is 0 Å². The normalized spacial score (nSPS) is 14.1. The van der Waals surface area contributed by atoms with Crippen molar-refractivity contribution < 1.29 is 14.3 Å². The van der Waals surface area contributed by atoms with E-state index in [2.05, 4.69) is 0 Å². The van der Waals surface area contributed by atoms with Crippen molar-refractivity contribution in [3.8, 4) is 0 Å². The van der Waals surface area contributed by atoms with Gasteiger partial charge < -0.3 is 4.74 Å². The maximum Gasteiger partial charge on any atom is 0.317 e. The van der Waals surface area contributed by atoms with Crippen LogP contribution in [-0.4, -0.2) is 18.9 Å². The first kappa shape index (κ1) is 15.2. The molecule has 2 atom stereocenters. The van der Waals surface area contributed by atoms with Crippen molar-refractivity contribution in [1.29, 1.82) is 0 Å². The molecule has 0 saturated heterocycles. The van der Waals surface area contributed by atoms with Crippen molar-refractivity contribution in [2.75, 3.05) is 7.11 Å². The van der Waals surface area contributed by atoms with Crippen molar-refractivity contribution >= 4 is 11.8 Å². The van der Waals surface area contributed by atoms with Crippen LogP contribution in [0, 0.1) is 5.92 Å². The lowest BCUT2D eigenvalue weighted by molar-refractivity contribution is -0.149. The molecule has 0 radical (unpaired) electrons. The standard InChI is InChI=1S/C16H20O3/c1-4-5-11-14(13-9-7-6-8-10-13)15(12(2)17)16(18)19-3/h5-11,14-15H,4H2,1-3H3/b11-5+. The molecule has 0 aliphatic carbocycles. The van der Waals surface area contributed by atoms with E-state index in [-0.39, 0.29) is 11.7 Å². The van der Waals surface area contributed by atoms with Gasteiger partial charge in [-0.25, -0.2) is 0 Å². The van der Waals surface area contributed by atoms with Crippen molar-refractivity contribution in [3.63, 3.8) is 0 Å². The Labute approximate surface area is 114 Å². The summed E-state index contributed by atoms with van der Waals surface area (Å²) in [5.41, 5.74) is 0.942. The Kier molecular flexibility index (Phi) is 6.00. The summed E-state index contributed by atoms with van der Waals surface area (Å²) in [5, 5.41) is 0.